The number of hydrogen-bond acceptors (Lipinski definition) is 2. The van der Waals surface area contributed by atoms with Gasteiger partial charge in [-0.2, -0.15) is 13.2 Å². The SMILES string of the molecule is O=C(O)C(Oc1cccc(C(F)(F)F)c1)C1CC1. The molecule has 0 aliphatic heterocycles. The Morgan fingerprint density at radius 2 is 2.06 bits per heavy atom. The zero-order valence-corrected chi connectivity index (χ0v) is 9.28. The summed E-state index contributed by atoms with van der Waals surface area (Å²) in [5.74, 6) is -1.31. The van der Waals surface area contributed by atoms with Crippen molar-refractivity contribution < 1.29 is 27.8 Å². The van der Waals surface area contributed by atoms with E-state index in [9.17, 15) is 18.0 Å². The van der Waals surface area contributed by atoms with Crippen LogP contribution in [0.4, 0.5) is 13.2 Å². The first-order valence-electron chi connectivity index (χ1n) is 5.44. The third kappa shape index (κ3) is 2.94. The van der Waals surface area contributed by atoms with Crippen LogP contribution in [0.25, 0.3) is 0 Å². The predicted octanol–water partition coefficient (Wildman–Crippen LogP) is 2.95. The summed E-state index contributed by atoms with van der Waals surface area (Å²) >= 11 is 0. The minimum Gasteiger partial charge on any atom is -0.478 e. The Morgan fingerprint density at radius 3 is 2.56 bits per heavy atom. The summed E-state index contributed by atoms with van der Waals surface area (Å²) in [7, 11) is 0. The van der Waals surface area contributed by atoms with Crippen molar-refractivity contribution >= 4 is 5.97 Å². The Hall–Kier alpha value is -1.72. The van der Waals surface area contributed by atoms with Crippen molar-refractivity contribution in [2.75, 3.05) is 0 Å². The van der Waals surface area contributed by atoms with E-state index in [0.29, 0.717) is 0 Å². The highest BCUT2D eigenvalue weighted by Crippen LogP contribution is 2.36. The molecule has 0 saturated heterocycles. The second-order valence-corrected chi connectivity index (χ2v) is 4.24. The predicted molar refractivity (Wildman–Crippen MR) is 56.2 cm³/mol. The normalized spacial score (nSPS) is 17.3. The molecule has 0 heterocycles. The standard InChI is InChI=1S/C12H11F3O3/c13-12(14,15)8-2-1-3-9(6-8)18-10(11(16)17)7-4-5-7/h1-3,6-7,10H,4-5H2,(H,16,17). The van der Waals surface area contributed by atoms with Crippen molar-refractivity contribution in [1.29, 1.82) is 0 Å². The Bertz CT molecular complexity index is 452. The van der Waals surface area contributed by atoms with Crippen LogP contribution < -0.4 is 4.74 Å². The molecule has 1 unspecified atom stereocenters. The number of halogens is 3. The molecule has 0 amide bonds. The lowest BCUT2D eigenvalue weighted by molar-refractivity contribution is -0.146. The van der Waals surface area contributed by atoms with Crippen LogP contribution in [0.15, 0.2) is 24.3 Å². The molecule has 1 fully saturated rings. The van der Waals surface area contributed by atoms with Gasteiger partial charge in [-0.05, 0) is 31.0 Å². The van der Waals surface area contributed by atoms with E-state index >= 15 is 0 Å². The fraction of sp³-hybridized carbons (Fsp3) is 0.417. The van der Waals surface area contributed by atoms with Gasteiger partial charge in [-0.1, -0.05) is 6.07 Å². The highest BCUT2D eigenvalue weighted by molar-refractivity contribution is 5.73. The molecular weight excluding hydrogens is 249 g/mol. The van der Waals surface area contributed by atoms with Gasteiger partial charge >= 0.3 is 12.1 Å². The van der Waals surface area contributed by atoms with E-state index in [0.717, 1.165) is 25.0 Å². The molecule has 0 bridgehead atoms. The molecule has 6 heteroatoms. The van der Waals surface area contributed by atoms with Crippen LogP contribution in [0.1, 0.15) is 18.4 Å². The molecule has 0 radical (unpaired) electrons. The molecule has 2 rings (SSSR count). The van der Waals surface area contributed by atoms with E-state index in [-0.39, 0.29) is 11.7 Å². The van der Waals surface area contributed by atoms with Crippen molar-refractivity contribution in [3.63, 3.8) is 0 Å². The van der Waals surface area contributed by atoms with Crippen LogP contribution in [0, 0.1) is 5.92 Å². The molecule has 1 aromatic rings. The van der Waals surface area contributed by atoms with Gasteiger partial charge in [0.1, 0.15) is 5.75 Å². The summed E-state index contributed by atoms with van der Waals surface area (Å²) in [6.45, 7) is 0. The van der Waals surface area contributed by atoms with Gasteiger partial charge in [0, 0.05) is 5.92 Å². The summed E-state index contributed by atoms with van der Waals surface area (Å²) in [6, 6.07) is 4.26. The molecule has 1 aliphatic carbocycles. The van der Waals surface area contributed by atoms with Gasteiger partial charge in [0.2, 0.25) is 0 Å². The Morgan fingerprint density at radius 1 is 1.39 bits per heavy atom. The van der Waals surface area contributed by atoms with Crippen LogP contribution in [-0.2, 0) is 11.0 Å². The summed E-state index contributed by atoms with van der Waals surface area (Å²) in [4.78, 5) is 10.9. The van der Waals surface area contributed by atoms with E-state index in [1.807, 2.05) is 0 Å². The zero-order chi connectivity index (χ0) is 13.3. The van der Waals surface area contributed by atoms with Gasteiger partial charge < -0.3 is 9.84 Å². The summed E-state index contributed by atoms with van der Waals surface area (Å²) in [5, 5.41) is 8.93. The van der Waals surface area contributed by atoms with Gasteiger partial charge in [0.15, 0.2) is 6.10 Å². The van der Waals surface area contributed by atoms with Crippen molar-refractivity contribution in [3.8, 4) is 5.75 Å². The minimum atomic E-state index is -4.46. The Balaban J connectivity index is 2.15. The molecule has 98 valence electrons. The van der Waals surface area contributed by atoms with E-state index < -0.39 is 23.8 Å². The van der Waals surface area contributed by atoms with Crippen LogP contribution in [0.3, 0.4) is 0 Å². The smallest absolute Gasteiger partial charge is 0.416 e. The fourth-order valence-electron chi connectivity index (χ4n) is 1.64. The maximum atomic E-state index is 12.5. The lowest BCUT2D eigenvalue weighted by Crippen LogP contribution is -2.29. The van der Waals surface area contributed by atoms with Crippen molar-refractivity contribution in [1.82, 2.24) is 0 Å². The average Bonchev–Trinajstić information content (AvgIpc) is 3.08. The molecule has 0 aromatic heterocycles. The van der Waals surface area contributed by atoms with E-state index in [2.05, 4.69) is 0 Å². The number of hydrogen-bond donors (Lipinski definition) is 1. The largest absolute Gasteiger partial charge is 0.478 e. The monoisotopic (exact) mass is 260 g/mol. The second kappa shape index (κ2) is 4.51. The third-order valence-electron chi connectivity index (χ3n) is 2.72. The van der Waals surface area contributed by atoms with Gasteiger partial charge in [0.05, 0.1) is 5.56 Å². The molecular formula is C12H11F3O3. The molecule has 0 spiro atoms. The molecule has 18 heavy (non-hydrogen) atoms. The second-order valence-electron chi connectivity index (χ2n) is 4.24. The Labute approximate surface area is 101 Å². The first kappa shape index (κ1) is 12.7. The number of carboxylic acids is 1. The summed E-state index contributed by atoms with van der Waals surface area (Å²) in [6.07, 6.45) is -4.06. The van der Waals surface area contributed by atoms with Crippen LogP contribution >= 0.6 is 0 Å². The number of ether oxygens (including phenoxy) is 1. The maximum absolute atomic E-state index is 12.5. The van der Waals surface area contributed by atoms with Crippen molar-refractivity contribution in [2.24, 2.45) is 5.92 Å². The van der Waals surface area contributed by atoms with E-state index in [1.165, 1.54) is 12.1 Å². The first-order chi connectivity index (χ1) is 8.38. The van der Waals surface area contributed by atoms with Crippen molar-refractivity contribution in [3.05, 3.63) is 29.8 Å². The quantitative estimate of drug-likeness (QED) is 0.905. The van der Waals surface area contributed by atoms with E-state index in [1.54, 1.807) is 0 Å². The molecule has 1 aromatic carbocycles. The topological polar surface area (TPSA) is 46.5 Å². The van der Waals surface area contributed by atoms with E-state index in [4.69, 9.17) is 9.84 Å². The van der Waals surface area contributed by atoms with Crippen molar-refractivity contribution in [2.45, 2.75) is 25.1 Å². The Kier molecular flexibility index (Phi) is 3.19. The maximum Gasteiger partial charge on any atom is 0.416 e. The zero-order valence-electron chi connectivity index (χ0n) is 9.28. The molecule has 1 saturated carbocycles. The molecule has 1 atom stereocenters. The van der Waals surface area contributed by atoms with Gasteiger partial charge in [-0.15, -0.1) is 0 Å². The molecule has 3 nitrogen and oxygen atoms in total. The number of carboxylic acid groups (broad SMARTS) is 1. The number of carbonyl (C=O) groups is 1. The third-order valence-corrected chi connectivity index (χ3v) is 2.72. The molecule has 1 aliphatic rings. The van der Waals surface area contributed by atoms with Gasteiger partial charge in [-0.3, -0.25) is 0 Å². The fourth-order valence-corrected chi connectivity index (χ4v) is 1.64. The minimum absolute atomic E-state index is 0.0656. The number of alkyl halides is 3. The molecule has 1 N–H and O–H groups in total. The first-order valence-corrected chi connectivity index (χ1v) is 5.44. The lowest BCUT2D eigenvalue weighted by Gasteiger charge is -2.15. The summed E-state index contributed by atoms with van der Waals surface area (Å²) in [5.41, 5.74) is -0.847. The van der Waals surface area contributed by atoms with Crippen LogP contribution in [0.2, 0.25) is 0 Å². The highest BCUT2D eigenvalue weighted by Gasteiger charge is 2.38. The van der Waals surface area contributed by atoms with Crippen LogP contribution in [-0.4, -0.2) is 17.2 Å². The van der Waals surface area contributed by atoms with Gasteiger partial charge in [-0.25, -0.2) is 4.79 Å². The van der Waals surface area contributed by atoms with Crippen LogP contribution in [0.5, 0.6) is 5.75 Å². The number of benzene rings is 1. The number of rotatable bonds is 4. The highest BCUT2D eigenvalue weighted by atomic mass is 19.4. The lowest BCUT2D eigenvalue weighted by atomic mass is 10.2. The average molecular weight is 260 g/mol. The summed E-state index contributed by atoms with van der Waals surface area (Å²) < 4.78 is 42.5. The van der Waals surface area contributed by atoms with Gasteiger partial charge in [0.25, 0.3) is 0 Å². The number of aliphatic carboxylic acids is 1.